The smallest absolute Gasteiger partial charge is 0.332 e. The van der Waals surface area contributed by atoms with Crippen LogP contribution in [0.1, 0.15) is 16.7 Å². The highest BCUT2D eigenvalue weighted by Gasteiger charge is 2.25. The van der Waals surface area contributed by atoms with Gasteiger partial charge in [0.15, 0.2) is 6.04 Å². The molecule has 0 aliphatic rings. The maximum absolute atomic E-state index is 10.9. The van der Waals surface area contributed by atoms with Crippen molar-refractivity contribution in [3.05, 3.63) is 16.1 Å². The van der Waals surface area contributed by atoms with Gasteiger partial charge in [0.25, 0.3) is 0 Å². The van der Waals surface area contributed by atoms with Gasteiger partial charge in [0.1, 0.15) is 0 Å². The zero-order valence-electron chi connectivity index (χ0n) is 7.80. The number of thiazole rings is 1. The van der Waals surface area contributed by atoms with Gasteiger partial charge in [0, 0.05) is 12.4 Å². The molecule has 1 amide bonds. The number of carbonyl (C=O) groups excluding carboxylic acids is 1. The first-order valence-corrected chi connectivity index (χ1v) is 4.76. The number of nitrogens with zero attached hydrogens (tertiary/aromatic N) is 2. The van der Waals surface area contributed by atoms with Crippen LogP contribution < -0.4 is 0 Å². The Morgan fingerprint density at radius 2 is 2.43 bits per heavy atom. The lowest BCUT2D eigenvalue weighted by Crippen LogP contribution is -2.29. The summed E-state index contributed by atoms with van der Waals surface area (Å²) < 4.78 is 0. The van der Waals surface area contributed by atoms with Crippen molar-refractivity contribution in [1.29, 1.82) is 0 Å². The molecule has 1 atom stereocenters. The SMILES string of the molecule is Cc1nc(C(C(=O)O)N(C)C=O)cs1. The topological polar surface area (TPSA) is 70.5 Å². The van der Waals surface area contributed by atoms with E-state index in [4.69, 9.17) is 5.11 Å². The number of carboxylic acids is 1. The monoisotopic (exact) mass is 214 g/mol. The molecule has 0 fully saturated rings. The molecule has 0 spiro atoms. The number of hydrogen-bond acceptors (Lipinski definition) is 4. The van der Waals surface area contributed by atoms with Crippen molar-refractivity contribution < 1.29 is 14.7 Å². The molecule has 0 saturated heterocycles. The van der Waals surface area contributed by atoms with Crippen LogP contribution in [0, 0.1) is 6.92 Å². The number of rotatable bonds is 4. The Balaban J connectivity index is 2.99. The van der Waals surface area contributed by atoms with Crippen LogP contribution in [-0.2, 0) is 9.59 Å². The van der Waals surface area contributed by atoms with Crippen LogP contribution in [0.5, 0.6) is 0 Å². The van der Waals surface area contributed by atoms with E-state index in [2.05, 4.69) is 4.98 Å². The lowest BCUT2D eigenvalue weighted by molar-refractivity contribution is -0.146. The first-order chi connectivity index (χ1) is 6.56. The fourth-order valence-electron chi connectivity index (χ4n) is 1.08. The highest BCUT2D eigenvalue weighted by Crippen LogP contribution is 2.20. The number of carbonyl (C=O) groups is 2. The van der Waals surface area contributed by atoms with Crippen molar-refractivity contribution in [2.75, 3.05) is 7.05 Å². The molecule has 6 heteroatoms. The number of aryl methyl sites for hydroxylation is 1. The van der Waals surface area contributed by atoms with Gasteiger partial charge in [-0.05, 0) is 6.92 Å². The maximum atomic E-state index is 10.9. The molecule has 1 unspecified atom stereocenters. The Kier molecular flexibility index (Phi) is 3.19. The third kappa shape index (κ3) is 2.08. The lowest BCUT2D eigenvalue weighted by atomic mass is 10.2. The van der Waals surface area contributed by atoms with E-state index in [0.717, 1.165) is 9.91 Å². The Morgan fingerprint density at radius 3 is 2.79 bits per heavy atom. The van der Waals surface area contributed by atoms with Gasteiger partial charge in [-0.25, -0.2) is 9.78 Å². The largest absolute Gasteiger partial charge is 0.479 e. The van der Waals surface area contributed by atoms with E-state index < -0.39 is 12.0 Å². The average molecular weight is 214 g/mol. The van der Waals surface area contributed by atoms with Crippen LogP contribution in [0.3, 0.4) is 0 Å². The average Bonchev–Trinajstić information content (AvgIpc) is 2.51. The fourth-order valence-corrected chi connectivity index (χ4v) is 1.71. The van der Waals surface area contributed by atoms with E-state index in [9.17, 15) is 9.59 Å². The first-order valence-electron chi connectivity index (χ1n) is 3.88. The van der Waals surface area contributed by atoms with Crippen LogP contribution in [0.25, 0.3) is 0 Å². The summed E-state index contributed by atoms with van der Waals surface area (Å²) in [5, 5.41) is 11.3. The Hall–Kier alpha value is -1.43. The van der Waals surface area contributed by atoms with Gasteiger partial charge in [0.2, 0.25) is 6.41 Å². The molecule has 1 heterocycles. The molecule has 0 saturated carbocycles. The molecule has 1 aromatic heterocycles. The van der Waals surface area contributed by atoms with Gasteiger partial charge >= 0.3 is 5.97 Å². The summed E-state index contributed by atoms with van der Waals surface area (Å²) in [7, 11) is 1.42. The van der Waals surface area contributed by atoms with Crippen LogP contribution in [0.2, 0.25) is 0 Å². The van der Waals surface area contributed by atoms with Gasteiger partial charge in [-0.2, -0.15) is 0 Å². The third-order valence-electron chi connectivity index (χ3n) is 1.72. The summed E-state index contributed by atoms with van der Waals surface area (Å²) in [6.07, 6.45) is 0.480. The molecule has 0 radical (unpaired) electrons. The summed E-state index contributed by atoms with van der Waals surface area (Å²) in [6, 6.07) is -0.988. The summed E-state index contributed by atoms with van der Waals surface area (Å²) in [6.45, 7) is 1.79. The zero-order chi connectivity index (χ0) is 10.7. The quantitative estimate of drug-likeness (QED) is 0.748. The lowest BCUT2D eigenvalue weighted by Gasteiger charge is -2.18. The molecular weight excluding hydrogens is 204 g/mol. The van der Waals surface area contributed by atoms with E-state index in [-0.39, 0.29) is 0 Å². The molecule has 0 aliphatic heterocycles. The first kappa shape index (κ1) is 10.6. The molecule has 1 aromatic rings. The van der Waals surface area contributed by atoms with E-state index in [0.29, 0.717) is 12.1 Å². The molecule has 1 N–H and O–H groups in total. The van der Waals surface area contributed by atoms with E-state index in [1.165, 1.54) is 18.4 Å². The highest BCUT2D eigenvalue weighted by atomic mass is 32.1. The number of aliphatic carboxylic acids is 1. The van der Waals surface area contributed by atoms with Crippen LogP contribution in [0.4, 0.5) is 0 Å². The number of likely N-dealkylation sites (N-methyl/N-ethyl adjacent to an activating group) is 1. The minimum Gasteiger partial charge on any atom is -0.479 e. The van der Waals surface area contributed by atoms with E-state index >= 15 is 0 Å². The number of amides is 1. The van der Waals surface area contributed by atoms with Crippen LogP contribution in [-0.4, -0.2) is 34.4 Å². The Morgan fingerprint density at radius 1 is 1.79 bits per heavy atom. The van der Waals surface area contributed by atoms with Crippen molar-refractivity contribution in [2.45, 2.75) is 13.0 Å². The fraction of sp³-hybridized carbons (Fsp3) is 0.375. The molecular formula is C8H10N2O3S. The predicted molar refractivity (Wildman–Crippen MR) is 51.1 cm³/mol. The highest BCUT2D eigenvalue weighted by molar-refractivity contribution is 7.09. The summed E-state index contributed by atoms with van der Waals surface area (Å²) in [5.41, 5.74) is 0.398. The predicted octanol–water partition coefficient (Wildman–Crippen LogP) is 0.665. The van der Waals surface area contributed by atoms with E-state index in [1.807, 2.05) is 0 Å². The second-order valence-corrected chi connectivity index (χ2v) is 3.87. The van der Waals surface area contributed by atoms with Gasteiger partial charge < -0.3 is 10.0 Å². The summed E-state index contributed by atoms with van der Waals surface area (Å²) >= 11 is 1.36. The van der Waals surface area contributed by atoms with Gasteiger partial charge in [0.05, 0.1) is 10.7 Å². The minimum absolute atomic E-state index is 0.398. The second kappa shape index (κ2) is 4.19. The van der Waals surface area contributed by atoms with Gasteiger partial charge in [-0.3, -0.25) is 4.79 Å². The minimum atomic E-state index is -1.08. The number of aromatic nitrogens is 1. The standard InChI is InChI=1S/C8H10N2O3S/c1-5-9-6(3-14-5)7(8(12)13)10(2)4-11/h3-4,7H,1-2H3,(H,12,13). The molecule has 1 rings (SSSR count). The van der Waals surface area contributed by atoms with Crippen LogP contribution >= 0.6 is 11.3 Å². The van der Waals surface area contributed by atoms with Crippen molar-refractivity contribution >= 4 is 23.7 Å². The van der Waals surface area contributed by atoms with Crippen LogP contribution in [0.15, 0.2) is 5.38 Å². The molecule has 0 bridgehead atoms. The normalized spacial score (nSPS) is 12.1. The number of carboxylic acid groups (broad SMARTS) is 1. The Bertz CT molecular complexity index is 350. The second-order valence-electron chi connectivity index (χ2n) is 2.80. The number of hydrogen-bond donors (Lipinski definition) is 1. The van der Waals surface area contributed by atoms with E-state index in [1.54, 1.807) is 12.3 Å². The molecule has 76 valence electrons. The van der Waals surface area contributed by atoms with Gasteiger partial charge in [-0.15, -0.1) is 11.3 Å². The van der Waals surface area contributed by atoms with Crippen molar-refractivity contribution in [3.63, 3.8) is 0 Å². The summed E-state index contributed by atoms with van der Waals surface area (Å²) in [4.78, 5) is 26.5. The van der Waals surface area contributed by atoms with Crippen molar-refractivity contribution in [1.82, 2.24) is 9.88 Å². The third-order valence-corrected chi connectivity index (χ3v) is 2.52. The molecule has 0 aromatic carbocycles. The molecule has 5 nitrogen and oxygen atoms in total. The molecule has 0 aliphatic carbocycles. The van der Waals surface area contributed by atoms with Crippen molar-refractivity contribution in [2.24, 2.45) is 0 Å². The van der Waals surface area contributed by atoms with Gasteiger partial charge in [-0.1, -0.05) is 0 Å². The summed E-state index contributed by atoms with van der Waals surface area (Å²) in [5.74, 6) is -1.08. The Labute approximate surface area is 85.0 Å². The van der Waals surface area contributed by atoms with Crippen molar-refractivity contribution in [3.8, 4) is 0 Å². The maximum Gasteiger partial charge on any atom is 0.332 e. The molecule has 14 heavy (non-hydrogen) atoms. The zero-order valence-corrected chi connectivity index (χ0v) is 8.61.